The molecule has 1 unspecified atom stereocenters. The zero-order chi connectivity index (χ0) is 31.1. The largest absolute Gasteiger partial charge is 0.507 e. The fraction of sp³-hybridized carbons (Fsp3) is 0.538. The molecule has 6 amide bonds. The lowest BCUT2D eigenvalue weighted by Crippen LogP contribution is -2.56. The molecule has 1 aromatic rings. The Morgan fingerprint density at radius 3 is 2.48 bits per heavy atom. The molecular formula is C26H36IN7O8. The zero-order valence-corrected chi connectivity index (χ0v) is 25.2. The SMILES string of the molecule is C[C@H](NC(=O)CN)C(=O)NCC(=O)N1CC(O)C[C@H]1C(=O)N1CCC[C@H]1C(=O)N[C@@H](Cc1ccc(O)c(I)c1)C(N)=O. The first kappa shape index (κ1) is 33.0. The lowest BCUT2D eigenvalue weighted by Gasteiger charge is -2.31. The van der Waals surface area contributed by atoms with Gasteiger partial charge < -0.3 is 47.4 Å². The molecule has 5 atom stereocenters. The highest BCUT2D eigenvalue weighted by atomic mass is 127. The zero-order valence-electron chi connectivity index (χ0n) is 23.0. The first-order chi connectivity index (χ1) is 19.8. The molecule has 2 heterocycles. The number of nitrogens with one attached hydrogen (secondary N) is 3. The van der Waals surface area contributed by atoms with Crippen LogP contribution in [0.4, 0.5) is 0 Å². The molecule has 0 saturated carbocycles. The number of phenols is 1. The monoisotopic (exact) mass is 701 g/mol. The molecule has 0 spiro atoms. The van der Waals surface area contributed by atoms with E-state index in [1.165, 1.54) is 22.8 Å². The fourth-order valence-corrected chi connectivity index (χ4v) is 5.58. The maximum atomic E-state index is 13.6. The van der Waals surface area contributed by atoms with Crippen LogP contribution in [-0.4, -0.2) is 112 Å². The van der Waals surface area contributed by atoms with Crippen LogP contribution in [0.15, 0.2) is 18.2 Å². The van der Waals surface area contributed by atoms with Gasteiger partial charge in [0.15, 0.2) is 0 Å². The maximum absolute atomic E-state index is 13.6. The van der Waals surface area contributed by atoms with Crippen molar-refractivity contribution in [2.45, 2.75) is 62.9 Å². The molecule has 2 aliphatic heterocycles. The van der Waals surface area contributed by atoms with E-state index < -0.39 is 72.3 Å². The summed E-state index contributed by atoms with van der Waals surface area (Å²) in [6.45, 7) is 0.746. The molecule has 0 aliphatic carbocycles. The van der Waals surface area contributed by atoms with Crippen LogP contribution >= 0.6 is 22.6 Å². The minimum absolute atomic E-state index is 0.0459. The quantitative estimate of drug-likeness (QED) is 0.117. The highest BCUT2D eigenvalue weighted by Crippen LogP contribution is 2.26. The van der Waals surface area contributed by atoms with Crippen LogP contribution < -0.4 is 27.4 Å². The van der Waals surface area contributed by atoms with Gasteiger partial charge in [0.1, 0.15) is 29.9 Å². The van der Waals surface area contributed by atoms with Gasteiger partial charge >= 0.3 is 0 Å². The Hall–Kier alpha value is -3.51. The summed E-state index contributed by atoms with van der Waals surface area (Å²) >= 11 is 1.94. The number of carbonyl (C=O) groups excluding carboxylic acids is 6. The molecule has 230 valence electrons. The van der Waals surface area contributed by atoms with Crippen molar-refractivity contribution in [2.24, 2.45) is 11.5 Å². The Balaban J connectivity index is 1.64. The molecule has 3 rings (SSSR count). The summed E-state index contributed by atoms with van der Waals surface area (Å²) < 4.78 is 0.567. The van der Waals surface area contributed by atoms with Gasteiger partial charge in [-0.25, -0.2) is 0 Å². The lowest BCUT2D eigenvalue weighted by atomic mass is 10.0. The number of nitrogens with zero attached hydrogens (tertiary/aromatic N) is 2. The molecule has 42 heavy (non-hydrogen) atoms. The van der Waals surface area contributed by atoms with Gasteiger partial charge in [0.2, 0.25) is 35.4 Å². The van der Waals surface area contributed by atoms with Crippen molar-refractivity contribution >= 4 is 58.0 Å². The van der Waals surface area contributed by atoms with Crippen LogP contribution in [0.25, 0.3) is 0 Å². The Kier molecular flexibility index (Phi) is 11.5. The van der Waals surface area contributed by atoms with Crippen LogP contribution in [-0.2, 0) is 35.2 Å². The van der Waals surface area contributed by atoms with Crippen molar-refractivity contribution in [3.05, 3.63) is 27.3 Å². The first-order valence-electron chi connectivity index (χ1n) is 13.4. The second kappa shape index (κ2) is 14.6. The Morgan fingerprint density at radius 1 is 1.12 bits per heavy atom. The summed E-state index contributed by atoms with van der Waals surface area (Å²) in [6, 6.07) is 0.770. The standard InChI is InChI=1S/C26H36IN7O8/c1-13(31-21(37)10-28)24(40)30-11-22(38)34-12-15(35)9-19(34)26(42)33-6-2-3-18(33)25(41)32-17(23(29)39)8-14-4-5-20(36)16(27)7-14/h4-5,7,13,15,17-19,35-36H,2-3,6,8-12,28H2,1H3,(H2,29,39)(H,30,40)(H,31,37)(H,32,41)/t13-,15?,17-,18-,19-/m0/s1. The molecule has 9 N–H and O–H groups in total. The average Bonchev–Trinajstić information content (AvgIpc) is 3.59. The van der Waals surface area contributed by atoms with E-state index in [0.29, 0.717) is 22.0 Å². The topological polar surface area (TPSA) is 237 Å². The molecule has 0 bridgehead atoms. The number of likely N-dealkylation sites (tertiary alicyclic amines) is 2. The summed E-state index contributed by atoms with van der Waals surface area (Å²) in [5, 5.41) is 27.4. The molecule has 15 nitrogen and oxygen atoms in total. The van der Waals surface area contributed by atoms with Gasteiger partial charge in [-0.15, -0.1) is 0 Å². The van der Waals surface area contributed by atoms with E-state index in [0.717, 1.165) is 0 Å². The summed E-state index contributed by atoms with van der Waals surface area (Å²) in [4.78, 5) is 78.1. The number of β-amino-alcohol motifs (C(OH)–C–C–N with tert-alkyl or cyclic N) is 1. The van der Waals surface area contributed by atoms with Crippen LogP contribution in [0.5, 0.6) is 5.75 Å². The average molecular weight is 702 g/mol. The van der Waals surface area contributed by atoms with E-state index in [1.54, 1.807) is 12.1 Å². The Morgan fingerprint density at radius 2 is 1.83 bits per heavy atom. The van der Waals surface area contributed by atoms with Crippen LogP contribution in [0, 0.1) is 3.57 Å². The number of carbonyl (C=O) groups is 6. The van der Waals surface area contributed by atoms with E-state index in [4.69, 9.17) is 11.5 Å². The predicted molar refractivity (Wildman–Crippen MR) is 156 cm³/mol. The minimum Gasteiger partial charge on any atom is -0.507 e. The number of hydrogen-bond acceptors (Lipinski definition) is 9. The van der Waals surface area contributed by atoms with Crippen molar-refractivity contribution in [1.82, 2.24) is 25.8 Å². The van der Waals surface area contributed by atoms with E-state index >= 15 is 0 Å². The van der Waals surface area contributed by atoms with E-state index in [1.807, 2.05) is 22.6 Å². The molecule has 16 heteroatoms. The Bertz CT molecular complexity index is 1230. The number of amides is 6. The third kappa shape index (κ3) is 8.28. The molecule has 1 aromatic carbocycles. The normalized spacial score (nSPS) is 21.4. The van der Waals surface area contributed by atoms with Crippen LogP contribution in [0.1, 0.15) is 31.7 Å². The van der Waals surface area contributed by atoms with Gasteiger partial charge in [-0.05, 0) is 60.1 Å². The van der Waals surface area contributed by atoms with Crippen molar-refractivity contribution < 1.29 is 39.0 Å². The Labute approximate surface area is 255 Å². The number of rotatable bonds is 11. The van der Waals surface area contributed by atoms with E-state index in [-0.39, 0.29) is 38.2 Å². The molecular weight excluding hydrogens is 665 g/mol. The number of phenolic OH excluding ortho intramolecular Hbond substituents is 1. The first-order valence-corrected chi connectivity index (χ1v) is 14.5. The van der Waals surface area contributed by atoms with Crippen molar-refractivity contribution in [2.75, 3.05) is 26.2 Å². The highest BCUT2D eigenvalue weighted by molar-refractivity contribution is 14.1. The lowest BCUT2D eigenvalue weighted by molar-refractivity contribution is -0.146. The number of aromatic hydroxyl groups is 1. The summed E-state index contributed by atoms with van der Waals surface area (Å²) in [5.41, 5.74) is 11.4. The predicted octanol–water partition coefficient (Wildman–Crippen LogP) is -2.96. The van der Waals surface area contributed by atoms with E-state index in [9.17, 15) is 39.0 Å². The second-order valence-electron chi connectivity index (χ2n) is 10.3. The number of aliphatic hydroxyl groups excluding tert-OH is 1. The molecule has 2 fully saturated rings. The smallest absolute Gasteiger partial charge is 0.246 e. The number of nitrogens with two attached hydrogens (primary N) is 2. The number of benzene rings is 1. The van der Waals surface area contributed by atoms with Crippen molar-refractivity contribution in [3.8, 4) is 5.75 Å². The van der Waals surface area contributed by atoms with Crippen molar-refractivity contribution in [3.63, 3.8) is 0 Å². The minimum atomic E-state index is -1.07. The molecule has 2 aliphatic rings. The number of primary amides is 1. The summed E-state index contributed by atoms with van der Waals surface area (Å²) in [5.74, 6) is -3.58. The van der Waals surface area contributed by atoms with Gasteiger partial charge in [-0.2, -0.15) is 0 Å². The van der Waals surface area contributed by atoms with Gasteiger partial charge in [-0.1, -0.05) is 6.07 Å². The van der Waals surface area contributed by atoms with Crippen LogP contribution in [0.3, 0.4) is 0 Å². The molecule has 0 aromatic heterocycles. The number of halogens is 1. The summed E-state index contributed by atoms with van der Waals surface area (Å²) in [6.07, 6.45) is -0.118. The van der Waals surface area contributed by atoms with Crippen LogP contribution in [0.2, 0.25) is 0 Å². The van der Waals surface area contributed by atoms with Gasteiger partial charge in [0.25, 0.3) is 0 Å². The number of hydrogen-bond donors (Lipinski definition) is 7. The van der Waals surface area contributed by atoms with Gasteiger partial charge in [0, 0.05) is 25.9 Å². The second-order valence-corrected chi connectivity index (χ2v) is 11.5. The number of aliphatic hydroxyl groups is 1. The molecule has 2 saturated heterocycles. The molecule has 0 radical (unpaired) electrons. The summed E-state index contributed by atoms with van der Waals surface area (Å²) in [7, 11) is 0. The van der Waals surface area contributed by atoms with E-state index in [2.05, 4.69) is 16.0 Å². The van der Waals surface area contributed by atoms with Crippen molar-refractivity contribution in [1.29, 1.82) is 0 Å². The maximum Gasteiger partial charge on any atom is 0.246 e. The highest BCUT2D eigenvalue weighted by Gasteiger charge is 2.45. The third-order valence-corrected chi connectivity index (χ3v) is 8.07. The fourth-order valence-electron chi connectivity index (χ4n) is 5.01. The van der Waals surface area contributed by atoms with Gasteiger partial charge in [0.05, 0.1) is 22.8 Å². The third-order valence-electron chi connectivity index (χ3n) is 7.20. The van der Waals surface area contributed by atoms with Gasteiger partial charge in [-0.3, -0.25) is 28.8 Å².